The number of methoxy groups -OCH3 is 1. The number of carbonyl (C=O) groups excluding carboxylic acids is 2. The van der Waals surface area contributed by atoms with Crippen LogP contribution in [0.2, 0.25) is 0 Å². The zero-order valence-electron chi connectivity index (χ0n) is 13.9. The fourth-order valence-corrected chi connectivity index (χ4v) is 4.65. The predicted molar refractivity (Wildman–Crippen MR) is 103 cm³/mol. The Kier molecular flexibility index (Phi) is 6.04. The van der Waals surface area contributed by atoms with Crippen LogP contribution in [0, 0.1) is 0 Å². The molecule has 1 atom stereocenters. The lowest BCUT2D eigenvalue weighted by Crippen LogP contribution is -2.30. The number of hydrogen-bond donors (Lipinski definition) is 0. The Labute approximate surface area is 155 Å². The van der Waals surface area contributed by atoms with E-state index in [4.69, 9.17) is 4.74 Å². The molecule has 25 heavy (non-hydrogen) atoms. The number of nitrogens with zero attached hydrogens (tertiary/aromatic N) is 1. The molecule has 0 aliphatic carbocycles. The zero-order valence-corrected chi connectivity index (χ0v) is 15.5. The van der Waals surface area contributed by atoms with Crippen molar-refractivity contribution in [2.24, 2.45) is 0 Å². The van der Waals surface area contributed by atoms with Crippen LogP contribution < -0.4 is 4.74 Å². The predicted octanol–water partition coefficient (Wildman–Crippen LogP) is 3.84. The molecule has 2 aromatic carbocycles. The van der Waals surface area contributed by atoms with Crippen molar-refractivity contribution in [3.05, 3.63) is 65.7 Å². The smallest absolute Gasteiger partial charge is 0.233 e. The molecule has 1 saturated heterocycles. The Bertz CT molecular complexity index is 751. The van der Waals surface area contributed by atoms with Crippen LogP contribution in [-0.4, -0.2) is 41.1 Å². The first-order valence-electron chi connectivity index (χ1n) is 7.96. The Morgan fingerprint density at radius 3 is 2.80 bits per heavy atom. The summed E-state index contributed by atoms with van der Waals surface area (Å²) in [6, 6.07) is 17.0. The molecule has 0 radical (unpaired) electrons. The minimum Gasteiger partial charge on any atom is -0.497 e. The quantitative estimate of drug-likeness (QED) is 0.770. The van der Waals surface area contributed by atoms with Crippen LogP contribution in [0.5, 0.6) is 5.75 Å². The average Bonchev–Trinajstić information content (AvgIpc) is 3.03. The van der Waals surface area contributed by atoms with Gasteiger partial charge in [-0.3, -0.25) is 9.59 Å². The maximum atomic E-state index is 12.2. The largest absolute Gasteiger partial charge is 0.497 e. The minimum absolute atomic E-state index is 0.0185. The Hall–Kier alpha value is -1.92. The first-order chi connectivity index (χ1) is 12.2. The summed E-state index contributed by atoms with van der Waals surface area (Å²) in [7, 11) is 1.63. The first-order valence-corrected chi connectivity index (χ1v) is 9.99. The molecule has 130 valence electrons. The van der Waals surface area contributed by atoms with Crippen molar-refractivity contribution in [1.82, 2.24) is 4.90 Å². The van der Waals surface area contributed by atoms with Crippen LogP contribution in [-0.2, 0) is 4.79 Å². The van der Waals surface area contributed by atoms with Gasteiger partial charge in [-0.05, 0) is 17.7 Å². The second-order valence-electron chi connectivity index (χ2n) is 5.53. The lowest BCUT2D eigenvalue weighted by atomic mass is 10.2. The highest BCUT2D eigenvalue weighted by atomic mass is 32.2. The summed E-state index contributed by atoms with van der Waals surface area (Å²) < 4.78 is 5.28. The second-order valence-corrected chi connectivity index (χ2v) is 7.67. The molecule has 1 amide bonds. The van der Waals surface area contributed by atoms with E-state index >= 15 is 0 Å². The van der Waals surface area contributed by atoms with E-state index in [9.17, 15) is 9.59 Å². The maximum absolute atomic E-state index is 12.2. The van der Waals surface area contributed by atoms with Gasteiger partial charge in [0.05, 0.1) is 12.9 Å². The molecule has 0 spiro atoms. The third-order valence-corrected chi connectivity index (χ3v) is 6.06. The number of amides is 1. The molecule has 0 bridgehead atoms. The number of hydrogen-bond acceptors (Lipinski definition) is 5. The summed E-state index contributed by atoms with van der Waals surface area (Å²) in [5.41, 5.74) is 1.74. The Morgan fingerprint density at radius 1 is 1.24 bits per heavy atom. The van der Waals surface area contributed by atoms with Gasteiger partial charge in [-0.15, -0.1) is 11.8 Å². The molecule has 2 aromatic rings. The van der Waals surface area contributed by atoms with Crippen molar-refractivity contribution < 1.29 is 14.3 Å². The Balaban J connectivity index is 1.61. The Morgan fingerprint density at radius 2 is 2.04 bits per heavy atom. The van der Waals surface area contributed by atoms with E-state index in [2.05, 4.69) is 0 Å². The average molecular weight is 373 g/mol. The zero-order chi connectivity index (χ0) is 17.6. The molecule has 1 heterocycles. The monoisotopic (exact) mass is 373 g/mol. The minimum atomic E-state index is -0.0185. The molecule has 0 aromatic heterocycles. The number of benzene rings is 2. The van der Waals surface area contributed by atoms with Gasteiger partial charge < -0.3 is 9.64 Å². The topological polar surface area (TPSA) is 46.6 Å². The molecular formula is C19H19NO3S2. The molecular weight excluding hydrogens is 354 g/mol. The van der Waals surface area contributed by atoms with Gasteiger partial charge in [0.2, 0.25) is 11.0 Å². The van der Waals surface area contributed by atoms with Crippen molar-refractivity contribution >= 4 is 34.5 Å². The molecule has 0 saturated carbocycles. The van der Waals surface area contributed by atoms with E-state index in [0.717, 1.165) is 11.3 Å². The van der Waals surface area contributed by atoms with Gasteiger partial charge in [0.15, 0.2) is 0 Å². The standard InChI is InChI=1S/C19H19NO3S2/c1-23-16-9-5-8-15(12-16)18-20(17(21)13-25-18)10-11-24-19(22)14-6-3-2-4-7-14/h2-9,12,18H,10-11,13H2,1H3. The molecule has 1 unspecified atom stereocenters. The normalized spacial score (nSPS) is 16.9. The summed E-state index contributed by atoms with van der Waals surface area (Å²) >= 11 is 2.87. The fourth-order valence-electron chi connectivity index (χ4n) is 2.66. The number of carbonyl (C=O) groups is 2. The molecule has 1 fully saturated rings. The van der Waals surface area contributed by atoms with Crippen molar-refractivity contribution in [3.8, 4) is 5.75 Å². The molecule has 6 heteroatoms. The van der Waals surface area contributed by atoms with Gasteiger partial charge >= 0.3 is 0 Å². The van der Waals surface area contributed by atoms with Crippen LogP contribution in [0.15, 0.2) is 54.6 Å². The van der Waals surface area contributed by atoms with Gasteiger partial charge in [-0.1, -0.05) is 54.2 Å². The van der Waals surface area contributed by atoms with Gasteiger partial charge in [0.1, 0.15) is 11.1 Å². The summed E-state index contributed by atoms with van der Waals surface area (Å²) in [6.07, 6.45) is 0. The van der Waals surface area contributed by atoms with Gasteiger partial charge in [-0.2, -0.15) is 0 Å². The second kappa shape index (κ2) is 8.45. The van der Waals surface area contributed by atoms with E-state index in [0.29, 0.717) is 23.6 Å². The van der Waals surface area contributed by atoms with Gasteiger partial charge in [0, 0.05) is 17.9 Å². The van der Waals surface area contributed by atoms with E-state index in [1.54, 1.807) is 18.9 Å². The summed E-state index contributed by atoms with van der Waals surface area (Å²) in [6.45, 7) is 0.553. The van der Waals surface area contributed by atoms with Crippen molar-refractivity contribution in [2.45, 2.75) is 5.37 Å². The van der Waals surface area contributed by atoms with E-state index in [1.165, 1.54) is 11.8 Å². The highest BCUT2D eigenvalue weighted by Gasteiger charge is 2.32. The van der Waals surface area contributed by atoms with E-state index < -0.39 is 0 Å². The molecule has 1 aliphatic heterocycles. The van der Waals surface area contributed by atoms with Crippen molar-refractivity contribution in [1.29, 1.82) is 0 Å². The lowest BCUT2D eigenvalue weighted by molar-refractivity contribution is -0.127. The number of rotatable bonds is 6. The van der Waals surface area contributed by atoms with Gasteiger partial charge in [-0.25, -0.2) is 0 Å². The van der Waals surface area contributed by atoms with Crippen LogP contribution >= 0.6 is 23.5 Å². The van der Waals surface area contributed by atoms with Crippen molar-refractivity contribution in [3.63, 3.8) is 0 Å². The maximum Gasteiger partial charge on any atom is 0.233 e. The molecule has 0 N–H and O–H groups in total. The van der Waals surface area contributed by atoms with Gasteiger partial charge in [0.25, 0.3) is 0 Å². The van der Waals surface area contributed by atoms with E-state index in [1.807, 2.05) is 59.5 Å². The fraction of sp³-hybridized carbons (Fsp3) is 0.263. The highest BCUT2D eigenvalue weighted by Crippen LogP contribution is 2.39. The molecule has 1 aliphatic rings. The SMILES string of the molecule is COc1cccc(C2SCC(=O)N2CCSC(=O)c2ccccc2)c1. The van der Waals surface area contributed by atoms with Crippen LogP contribution in [0.25, 0.3) is 0 Å². The van der Waals surface area contributed by atoms with E-state index in [-0.39, 0.29) is 16.4 Å². The molecule has 4 nitrogen and oxygen atoms in total. The third kappa shape index (κ3) is 4.38. The lowest BCUT2D eigenvalue weighted by Gasteiger charge is -2.24. The number of ether oxygens (including phenoxy) is 1. The third-order valence-electron chi connectivity index (χ3n) is 3.92. The first kappa shape index (κ1) is 17.9. The summed E-state index contributed by atoms with van der Waals surface area (Å²) in [5.74, 6) is 1.95. The van der Waals surface area contributed by atoms with Crippen LogP contribution in [0.3, 0.4) is 0 Å². The molecule has 3 rings (SSSR count). The van der Waals surface area contributed by atoms with Crippen molar-refractivity contribution in [2.75, 3.05) is 25.2 Å². The number of thioether (sulfide) groups is 2. The highest BCUT2D eigenvalue weighted by molar-refractivity contribution is 8.14. The van der Waals surface area contributed by atoms with Crippen LogP contribution in [0.4, 0.5) is 0 Å². The summed E-state index contributed by atoms with van der Waals surface area (Å²) in [4.78, 5) is 26.3. The van der Waals surface area contributed by atoms with Crippen LogP contribution in [0.1, 0.15) is 21.3 Å². The summed E-state index contributed by atoms with van der Waals surface area (Å²) in [5, 5.41) is 0.0212.